The van der Waals surface area contributed by atoms with Crippen molar-refractivity contribution in [1.29, 1.82) is 0 Å². The first-order valence-corrected chi connectivity index (χ1v) is 22.6. The molecule has 6 nitrogen and oxygen atoms in total. The molecule has 1 atom stereocenters. The van der Waals surface area contributed by atoms with E-state index >= 15 is 0 Å². The van der Waals surface area contributed by atoms with Crippen molar-refractivity contribution in [1.82, 2.24) is 4.90 Å². The zero-order valence-corrected chi connectivity index (χ0v) is 35.1. The molecule has 0 bridgehead atoms. The van der Waals surface area contributed by atoms with E-state index in [2.05, 4.69) is 32.6 Å². The zero-order valence-electron chi connectivity index (χ0n) is 35.1. The first-order valence-electron chi connectivity index (χ1n) is 22.6. The lowest BCUT2D eigenvalue weighted by atomic mass is 9.94. The molecule has 0 aliphatic heterocycles. The summed E-state index contributed by atoms with van der Waals surface area (Å²) >= 11 is 0. The monoisotopic (exact) mass is 726 g/mol. The third-order valence-corrected chi connectivity index (χ3v) is 10.2. The van der Waals surface area contributed by atoms with Crippen molar-refractivity contribution >= 4 is 12.4 Å². The second-order valence-electron chi connectivity index (χ2n) is 15.2. The second kappa shape index (κ2) is 46.9. The Morgan fingerprint density at radius 2 is 0.922 bits per heavy atom. The zero-order chi connectivity index (χ0) is 37.7. The summed E-state index contributed by atoms with van der Waals surface area (Å²) in [6, 6.07) is 0. The Hall–Kier alpha value is -1.14. The van der Waals surface area contributed by atoms with Gasteiger partial charge in [0, 0.05) is 13.0 Å². The van der Waals surface area contributed by atoms with Crippen LogP contribution in [0.1, 0.15) is 233 Å². The molecule has 6 heteroatoms. The molecule has 306 valence electrons. The van der Waals surface area contributed by atoms with Gasteiger partial charge in [-0.2, -0.15) is 0 Å². The minimum Gasteiger partial charge on any atom is -0.468 e. The van der Waals surface area contributed by atoms with Gasteiger partial charge in [0.15, 0.2) is 0 Å². The van der Waals surface area contributed by atoms with Gasteiger partial charge >= 0.3 is 5.97 Å². The van der Waals surface area contributed by atoms with Crippen LogP contribution >= 0.6 is 0 Å². The number of rotatable bonds is 41. The summed E-state index contributed by atoms with van der Waals surface area (Å²) in [6.45, 7) is 14.0. The molecule has 51 heavy (non-hydrogen) atoms. The van der Waals surface area contributed by atoms with Crippen LogP contribution in [0, 0.1) is 5.92 Å². The van der Waals surface area contributed by atoms with Crippen LogP contribution < -0.4 is 0 Å². The molecule has 0 saturated carbocycles. The Balaban J connectivity index is 0. The van der Waals surface area contributed by atoms with Crippen molar-refractivity contribution in [2.75, 3.05) is 39.5 Å². The summed E-state index contributed by atoms with van der Waals surface area (Å²) < 4.78 is 10.4. The van der Waals surface area contributed by atoms with Crippen molar-refractivity contribution in [3.05, 3.63) is 0 Å². The molecule has 0 amide bonds. The summed E-state index contributed by atoms with van der Waals surface area (Å²) in [7, 11) is 0. The van der Waals surface area contributed by atoms with Crippen LogP contribution in [-0.4, -0.2) is 61.9 Å². The van der Waals surface area contributed by atoms with E-state index in [9.17, 15) is 14.7 Å². The van der Waals surface area contributed by atoms with Crippen LogP contribution in [0.4, 0.5) is 0 Å². The van der Waals surface area contributed by atoms with Gasteiger partial charge in [0.1, 0.15) is 0 Å². The summed E-state index contributed by atoms with van der Waals surface area (Å²) in [5.74, 6) is 0.557. The number of nitrogens with zero attached hydrogens (tertiary/aromatic N) is 1. The van der Waals surface area contributed by atoms with Crippen LogP contribution in [0.15, 0.2) is 0 Å². The number of esters is 1. The van der Waals surface area contributed by atoms with E-state index in [0.29, 0.717) is 32.0 Å². The average Bonchev–Trinajstić information content (AvgIpc) is 3.13. The lowest BCUT2D eigenvalue weighted by Gasteiger charge is -2.21. The number of hydrogen-bond donors (Lipinski definition) is 1. The molecule has 0 aromatic carbocycles. The highest BCUT2D eigenvalue weighted by Crippen LogP contribution is 2.20. The number of carbonyl (C=O) groups excluding carboxylic acids is 2. The fourth-order valence-electron chi connectivity index (χ4n) is 6.78. The summed E-state index contributed by atoms with van der Waals surface area (Å²) in [4.78, 5) is 24.6. The Morgan fingerprint density at radius 1 is 0.529 bits per heavy atom. The number of aliphatic hydroxyl groups excluding tert-OH is 1. The molecule has 0 aromatic heterocycles. The van der Waals surface area contributed by atoms with Crippen LogP contribution in [0.3, 0.4) is 0 Å². The van der Waals surface area contributed by atoms with Gasteiger partial charge in [0.2, 0.25) is 0 Å². The maximum absolute atomic E-state index is 11.8. The molecule has 1 N–H and O–H groups in total. The van der Waals surface area contributed by atoms with Crippen LogP contribution in [-0.2, 0) is 19.1 Å². The molecule has 1 unspecified atom stereocenters. The molecule has 0 heterocycles. The smallest absolute Gasteiger partial charge is 0.305 e. The normalized spacial score (nSPS) is 11.7. The van der Waals surface area contributed by atoms with E-state index in [1.165, 1.54) is 173 Å². The number of aliphatic hydroxyl groups is 1. The van der Waals surface area contributed by atoms with E-state index in [1.54, 1.807) is 0 Å². The fourth-order valence-corrected chi connectivity index (χ4v) is 6.78. The molecule has 0 aromatic rings. The molecule has 0 radical (unpaired) electrons. The standard InChI is InChI=1S/C24H49NO3.C21H42O2/c1-3-5-7-9-10-11-12-17-23-28-24(27)18-14-13-16-20-25(21-22-26)19-15-8-6-4-2;1-3-5-7-9-11-12-14-16-18-21(19-23-20-22)17-15-13-10-8-6-4-2/h26H,3-23H2,1-2H3;20-21H,3-19H2,1-2H3. The molecular formula is C45H91NO5. The third kappa shape index (κ3) is 44.9. The van der Waals surface area contributed by atoms with Crippen LogP contribution in [0.25, 0.3) is 0 Å². The molecule has 0 spiro atoms. The Bertz CT molecular complexity index is 661. The van der Waals surface area contributed by atoms with Gasteiger partial charge in [0.25, 0.3) is 6.47 Å². The Labute approximate surface area is 319 Å². The molecule has 0 rings (SSSR count). The van der Waals surface area contributed by atoms with Gasteiger partial charge in [0.05, 0.1) is 19.8 Å². The SMILES string of the molecule is CCCCCCCCCCC(CCCCCCCC)COC=O.CCCCCCCCCCOC(=O)CCCCCN(CCO)CCCCCC. The minimum absolute atomic E-state index is 0.0327. The minimum atomic E-state index is -0.0327. The number of unbranched alkanes of at least 4 members (excludes halogenated alkanes) is 24. The summed E-state index contributed by atoms with van der Waals surface area (Å²) in [5.41, 5.74) is 0. The van der Waals surface area contributed by atoms with Crippen molar-refractivity contribution in [2.45, 2.75) is 233 Å². The van der Waals surface area contributed by atoms with Crippen molar-refractivity contribution in [3.8, 4) is 0 Å². The second-order valence-corrected chi connectivity index (χ2v) is 15.2. The largest absolute Gasteiger partial charge is 0.468 e. The third-order valence-electron chi connectivity index (χ3n) is 10.2. The Morgan fingerprint density at radius 3 is 1.35 bits per heavy atom. The van der Waals surface area contributed by atoms with Gasteiger partial charge < -0.3 is 19.5 Å². The van der Waals surface area contributed by atoms with Gasteiger partial charge in [-0.3, -0.25) is 9.59 Å². The maximum Gasteiger partial charge on any atom is 0.305 e. The van der Waals surface area contributed by atoms with E-state index in [1.807, 2.05) is 0 Å². The van der Waals surface area contributed by atoms with Gasteiger partial charge in [-0.1, -0.05) is 188 Å². The first kappa shape index (κ1) is 52.0. The predicted octanol–water partition coefficient (Wildman–Crippen LogP) is 13.2. The number of carbonyl (C=O) groups is 2. The van der Waals surface area contributed by atoms with Crippen LogP contribution in [0.2, 0.25) is 0 Å². The summed E-state index contributed by atoms with van der Waals surface area (Å²) in [5, 5.41) is 9.20. The first-order chi connectivity index (χ1) is 25.1. The van der Waals surface area contributed by atoms with Gasteiger partial charge in [-0.25, -0.2) is 0 Å². The molecular weight excluding hydrogens is 634 g/mol. The van der Waals surface area contributed by atoms with Gasteiger partial charge in [-0.15, -0.1) is 0 Å². The molecule has 0 aliphatic rings. The van der Waals surface area contributed by atoms with E-state index < -0.39 is 0 Å². The van der Waals surface area contributed by atoms with E-state index in [-0.39, 0.29) is 12.6 Å². The van der Waals surface area contributed by atoms with Crippen molar-refractivity contribution in [2.24, 2.45) is 5.92 Å². The Kier molecular flexibility index (Phi) is 47.8. The highest BCUT2D eigenvalue weighted by molar-refractivity contribution is 5.69. The quantitative estimate of drug-likeness (QED) is 0.0384. The topological polar surface area (TPSA) is 76.1 Å². The lowest BCUT2D eigenvalue weighted by molar-refractivity contribution is -0.144. The molecule has 0 fully saturated rings. The van der Waals surface area contributed by atoms with Gasteiger partial charge in [-0.05, 0) is 57.5 Å². The maximum atomic E-state index is 11.8. The average molecular weight is 726 g/mol. The summed E-state index contributed by atoms with van der Waals surface area (Å²) in [6.07, 6.45) is 40.3. The fraction of sp³-hybridized carbons (Fsp3) is 0.956. The van der Waals surface area contributed by atoms with Crippen LogP contribution in [0.5, 0.6) is 0 Å². The molecule has 0 aliphatic carbocycles. The van der Waals surface area contributed by atoms with Crippen molar-refractivity contribution in [3.63, 3.8) is 0 Å². The lowest BCUT2D eigenvalue weighted by Crippen LogP contribution is -2.29. The van der Waals surface area contributed by atoms with E-state index in [4.69, 9.17) is 9.47 Å². The number of ether oxygens (including phenoxy) is 2. The van der Waals surface area contributed by atoms with Crippen molar-refractivity contribution < 1.29 is 24.2 Å². The number of hydrogen-bond acceptors (Lipinski definition) is 6. The highest BCUT2D eigenvalue weighted by atomic mass is 16.5. The predicted molar refractivity (Wildman–Crippen MR) is 220 cm³/mol. The molecule has 0 saturated heterocycles. The van der Waals surface area contributed by atoms with E-state index in [0.717, 1.165) is 45.3 Å². The highest BCUT2D eigenvalue weighted by Gasteiger charge is 2.09.